The number of hydrogen-bond acceptors (Lipinski definition) is 2. The summed E-state index contributed by atoms with van der Waals surface area (Å²) in [5.74, 6) is 1.06. The van der Waals surface area contributed by atoms with Gasteiger partial charge in [0.25, 0.3) is 0 Å². The van der Waals surface area contributed by atoms with E-state index in [-0.39, 0.29) is 17.1 Å². The highest BCUT2D eigenvalue weighted by atomic mass is 16.1. The monoisotopic (exact) mass is 266 g/mol. The normalized spacial score (nSPS) is 34.8. The first-order valence-corrected chi connectivity index (χ1v) is 7.55. The van der Waals surface area contributed by atoms with Gasteiger partial charge in [0.15, 0.2) is 5.78 Å². The van der Waals surface area contributed by atoms with E-state index in [4.69, 9.17) is 0 Å². The molecule has 2 bridgehead atoms. The summed E-state index contributed by atoms with van der Waals surface area (Å²) in [4.78, 5) is 25.0. The standard InChI is InChI=1S/C18H18O2/c19-16-11-18-8-4-7-14(18)9-13(16)10-15(18)17(20)12-5-2-1-3-6-12/h1-3,5-6,10,13-14H,4,7-9,11H2/t13-,14-,18+/m0/s1. The van der Waals surface area contributed by atoms with Gasteiger partial charge in [-0.2, -0.15) is 0 Å². The van der Waals surface area contributed by atoms with E-state index in [9.17, 15) is 9.59 Å². The minimum atomic E-state index is -0.126. The quantitative estimate of drug-likeness (QED) is 0.767. The maximum Gasteiger partial charge on any atom is 0.189 e. The molecule has 0 unspecified atom stereocenters. The number of Topliss-reactive ketones (excluding diaryl/α,β-unsaturated/α-hetero) is 2. The van der Waals surface area contributed by atoms with E-state index in [0.717, 1.165) is 30.4 Å². The number of hydrogen-bond donors (Lipinski definition) is 0. The van der Waals surface area contributed by atoms with Gasteiger partial charge in [0, 0.05) is 28.9 Å². The van der Waals surface area contributed by atoms with Gasteiger partial charge in [-0.1, -0.05) is 42.8 Å². The molecule has 0 amide bonds. The van der Waals surface area contributed by atoms with E-state index in [1.807, 2.05) is 36.4 Å². The predicted octanol–water partition coefficient (Wildman–Crippen LogP) is 3.57. The van der Waals surface area contributed by atoms with E-state index in [1.165, 1.54) is 6.42 Å². The molecule has 0 N–H and O–H groups in total. The van der Waals surface area contributed by atoms with Crippen LogP contribution in [0.3, 0.4) is 0 Å². The van der Waals surface area contributed by atoms with Gasteiger partial charge in [-0.25, -0.2) is 0 Å². The number of carbonyl (C=O) groups is 2. The number of benzene rings is 1. The smallest absolute Gasteiger partial charge is 0.189 e. The third kappa shape index (κ3) is 1.51. The zero-order valence-electron chi connectivity index (χ0n) is 11.5. The summed E-state index contributed by atoms with van der Waals surface area (Å²) < 4.78 is 0. The molecule has 1 aromatic rings. The summed E-state index contributed by atoms with van der Waals surface area (Å²) in [6.45, 7) is 0. The van der Waals surface area contributed by atoms with Crippen molar-refractivity contribution in [3.8, 4) is 0 Å². The van der Waals surface area contributed by atoms with Crippen LogP contribution in [-0.4, -0.2) is 11.6 Å². The Balaban J connectivity index is 1.80. The second-order valence-electron chi connectivity index (χ2n) is 6.51. The van der Waals surface area contributed by atoms with E-state index >= 15 is 0 Å². The first-order valence-electron chi connectivity index (χ1n) is 7.55. The van der Waals surface area contributed by atoms with Crippen molar-refractivity contribution in [3.63, 3.8) is 0 Å². The second-order valence-corrected chi connectivity index (χ2v) is 6.51. The van der Waals surface area contributed by atoms with Crippen LogP contribution in [-0.2, 0) is 4.79 Å². The largest absolute Gasteiger partial charge is 0.299 e. The fourth-order valence-electron chi connectivity index (χ4n) is 4.63. The van der Waals surface area contributed by atoms with Crippen molar-refractivity contribution >= 4 is 11.6 Å². The topological polar surface area (TPSA) is 34.1 Å². The number of allylic oxidation sites excluding steroid dienone is 2. The van der Waals surface area contributed by atoms with Crippen LogP contribution in [0, 0.1) is 17.3 Å². The molecule has 0 saturated heterocycles. The third-order valence-corrected chi connectivity index (χ3v) is 5.58. The van der Waals surface area contributed by atoms with E-state index in [2.05, 4.69) is 0 Å². The van der Waals surface area contributed by atoms with E-state index < -0.39 is 0 Å². The summed E-state index contributed by atoms with van der Waals surface area (Å²) in [6, 6.07) is 9.51. The maximum atomic E-state index is 12.9. The van der Waals surface area contributed by atoms with Crippen LogP contribution in [0.15, 0.2) is 42.0 Å². The number of fused-ring (bicyclic) bond motifs is 1. The van der Waals surface area contributed by atoms with Crippen molar-refractivity contribution in [1.29, 1.82) is 0 Å². The fourth-order valence-corrected chi connectivity index (χ4v) is 4.63. The molecule has 0 radical (unpaired) electrons. The first kappa shape index (κ1) is 12.1. The Morgan fingerprint density at radius 3 is 2.80 bits per heavy atom. The van der Waals surface area contributed by atoms with Crippen LogP contribution in [0.2, 0.25) is 0 Å². The molecule has 2 saturated carbocycles. The molecular weight excluding hydrogens is 248 g/mol. The van der Waals surface area contributed by atoms with Gasteiger partial charge in [-0.3, -0.25) is 9.59 Å². The molecule has 3 atom stereocenters. The molecular formula is C18H18O2. The average Bonchev–Trinajstić information content (AvgIpc) is 2.90. The molecule has 2 fully saturated rings. The van der Waals surface area contributed by atoms with Crippen LogP contribution in [0.25, 0.3) is 0 Å². The maximum absolute atomic E-state index is 12.9. The summed E-state index contributed by atoms with van der Waals surface area (Å²) >= 11 is 0. The van der Waals surface area contributed by atoms with Crippen LogP contribution in [0.4, 0.5) is 0 Å². The van der Waals surface area contributed by atoms with Gasteiger partial charge in [-0.15, -0.1) is 0 Å². The Bertz CT molecular complexity index is 614. The highest BCUT2D eigenvalue weighted by Gasteiger charge is 2.56. The Kier molecular flexibility index (Phi) is 2.50. The van der Waals surface area contributed by atoms with Crippen molar-refractivity contribution in [3.05, 3.63) is 47.5 Å². The number of ketones is 2. The lowest BCUT2D eigenvalue weighted by atomic mass is 9.55. The highest BCUT2D eigenvalue weighted by Crippen LogP contribution is 2.60. The lowest BCUT2D eigenvalue weighted by molar-refractivity contribution is -0.128. The van der Waals surface area contributed by atoms with Crippen molar-refractivity contribution < 1.29 is 9.59 Å². The van der Waals surface area contributed by atoms with Crippen LogP contribution >= 0.6 is 0 Å². The summed E-state index contributed by atoms with van der Waals surface area (Å²) in [5.41, 5.74) is 1.58. The van der Waals surface area contributed by atoms with Gasteiger partial charge >= 0.3 is 0 Å². The molecule has 20 heavy (non-hydrogen) atoms. The van der Waals surface area contributed by atoms with Gasteiger partial charge < -0.3 is 0 Å². The molecule has 0 heterocycles. The van der Waals surface area contributed by atoms with Gasteiger partial charge in [0.05, 0.1) is 0 Å². The summed E-state index contributed by atoms with van der Waals surface area (Å²) in [6.07, 6.45) is 6.94. The zero-order chi connectivity index (χ0) is 13.7. The lowest BCUT2D eigenvalue weighted by Crippen LogP contribution is -2.46. The molecule has 102 valence electrons. The van der Waals surface area contributed by atoms with E-state index in [0.29, 0.717) is 18.1 Å². The molecule has 1 aromatic carbocycles. The first-order chi connectivity index (χ1) is 9.71. The Morgan fingerprint density at radius 1 is 1.20 bits per heavy atom. The predicted molar refractivity (Wildman–Crippen MR) is 76.4 cm³/mol. The minimum Gasteiger partial charge on any atom is -0.299 e. The molecule has 2 heteroatoms. The molecule has 2 nitrogen and oxygen atoms in total. The molecule has 1 spiro atoms. The van der Waals surface area contributed by atoms with Crippen molar-refractivity contribution in [1.82, 2.24) is 0 Å². The molecule has 0 aromatic heterocycles. The molecule has 5 rings (SSSR count). The minimum absolute atomic E-state index is 0.00244. The Labute approximate surface area is 118 Å². The van der Waals surface area contributed by atoms with Crippen molar-refractivity contribution in [2.45, 2.75) is 32.1 Å². The SMILES string of the molecule is O=C(C1=C[C@@H]2C[C@@H]3CCC[C@]13CC2=O)c1ccccc1. The lowest BCUT2D eigenvalue weighted by Gasteiger charge is -2.47. The van der Waals surface area contributed by atoms with Gasteiger partial charge in [-0.05, 0) is 25.2 Å². The Morgan fingerprint density at radius 2 is 2.00 bits per heavy atom. The summed E-state index contributed by atoms with van der Waals surface area (Å²) in [7, 11) is 0. The molecule has 4 aliphatic rings. The number of rotatable bonds is 2. The van der Waals surface area contributed by atoms with Gasteiger partial charge in [0.2, 0.25) is 0 Å². The van der Waals surface area contributed by atoms with Crippen LogP contribution in [0.5, 0.6) is 0 Å². The highest BCUT2D eigenvalue weighted by molar-refractivity contribution is 6.11. The summed E-state index contributed by atoms with van der Waals surface area (Å²) in [5, 5.41) is 0. The zero-order valence-corrected chi connectivity index (χ0v) is 11.5. The second kappa shape index (κ2) is 4.15. The van der Waals surface area contributed by atoms with Crippen LogP contribution < -0.4 is 0 Å². The third-order valence-electron chi connectivity index (χ3n) is 5.58. The molecule has 4 aliphatic carbocycles. The molecule has 0 aliphatic heterocycles. The van der Waals surface area contributed by atoms with Crippen LogP contribution in [0.1, 0.15) is 42.5 Å². The average molecular weight is 266 g/mol. The van der Waals surface area contributed by atoms with Crippen molar-refractivity contribution in [2.75, 3.05) is 0 Å². The Hall–Kier alpha value is -1.70. The number of carbonyl (C=O) groups excluding carboxylic acids is 2. The fraction of sp³-hybridized carbons (Fsp3) is 0.444. The van der Waals surface area contributed by atoms with E-state index in [1.54, 1.807) is 0 Å². The van der Waals surface area contributed by atoms with Gasteiger partial charge in [0.1, 0.15) is 5.78 Å². The van der Waals surface area contributed by atoms with Crippen molar-refractivity contribution in [2.24, 2.45) is 17.3 Å².